The zero-order valence-electron chi connectivity index (χ0n) is 22.4. The summed E-state index contributed by atoms with van der Waals surface area (Å²) < 4.78 is 33.5. The van der Waals surface area contributed by atoms with Crippen LogP contribution in [-0.4, -0.2) is 63.7 Å². The maximum atomic E-state index is 13.6. The van der Waals surface area contributed by atoms with E-state index in [1.807, 2.05) is 0 Å². The summed E-state index contributed by atoms with van der Waals surface area (Å²) in [5, 5.41) is 4.02. The number of aromatic nitrogens is 3. The van der Waals surface area contributed by atoms with E-state index in [9.17, 15) is 18.0 Å². The minimum Gasteiger partial charge on any atom is -0.460 e. The van der Waals surface area contributed by atoms with Gasteiger partial charge in [-0.25, -0.2) is 17.7 Å². The second-order valence-corrected chi connectivity index (χ2v) is 13.2. The molecule has 0 amide bonds. The van der Waals surface area contributed by atoms with Gasteiger partial charge in [-0.3, -0.25) is 14.2 Å². The van der Waals surface area contributed by atoms with Gasteiger partial charge in [0.25, 0.3) is 5.56 Å². The first-order valence-electron chi connectivity index (χ1n) is 13.3. The van der Waals surface area contributed by atoms with Crippen LogP contribution in [0.3, 0.4) is 0 Å². The summed E-state index contributed by atoms with van der Waals surface area (Å²) in [5.41, 5.74) is 0.0674. The Morgan fingerprint density at radius 3 is 2.53 bits per heavy atom. The molecule has 2 aliphatic rings. The molecule has 1 N–H and O–H groups in total. The van der Waals surface area contributed by atoms with Gasteiger partial charge < -0.3 is 10.1 Å². The van der Waals surface area contributed by atoms with Gasteiger partial charge in [0.2, 0.25) is 16.0 Å². The van der Waals surface area contributed by atoms with Crippen molar-refractivity contribution >= 4 is 33.0 Å². The molecule has 0 unspecified atom stereocenters. The van der Waals surface area contributed by atoms with Crippen LogP contribution < -0.4 is 10.9 Å². The van der Waals surface area contributed by atoms with E-state index in [1.165, 1.54) is 4.31 Å². The van der Waals surface area contributed by atoms with Crippen LogP contribution in [-0.2, 0) is 26.0 Å². The lowest BCUT2D eigenvalue weighted by atomic mass is 10.1. The second-order valence-electron chi connectivity index (χ2n) is 11.1. The van der Waals surface area contributed by atoms with Gasteiger partial charge >= 0.3 is 5.97 Å². The third-order valence-electron chi connectivity index (χ3n) is 6.98. The number of piperidine rings is 1. The highest BCUT2D eigenvalue weighted by atomic mass is 32.2. The molecule has 10 nitrogen and oxygen atoms in total. The standard InChI is InChI=1S/C27H37N5O5S/c1-5-6-15-38(35,36)31-13-11-21(12-14-31)29-26-28-18-20-16-19(17-23(33)37-27(2,3)4)25(34)32(24(20)30-26)22-9-7-8-10-22/h1,16,18,21-22H,6-15,17H2,2-4H3,(H,28,29,30). The Morgan fingerprint density at radius 2 is 1.89 bits per heavy atom. The van der Waals surface area contributed by atoms with Crippen molar-refractivity contribution in [2.75, 3.05) is 24.2 Å². The van der Waals surface area contributed by atoms with E-state index in [2.05, 4.69) is 16.2 Å². The quantitative estimate of drug-likeness (QED) is 0.398. The molecule has 11 heteroatoms. The second kappa shape index (κ2) is 11.4. The van der Waals surface area contributed by atoms with Crippen molar-refractivity contribution in [1.82, 2.24) is 18.8 Å². The van der Waals surface area contributed by atoms with E-state index < -0.39 is 21.6 Å². The van der Waals surface area contributed by atoms with Crippen molar-refractivity contribution < 1.29 is 17.9 Å². The van der Waals surface area contributed by atoms with Gasteiger partial charge in [-0.1, -0.05) is 12.8 Å². The number of sulfonamides is 1. The fourth-order valence-electron chi connectivity index (χ4n) is 5.19. The fraction of sp³-hybridized carbons (Fsp3) is 0.630. The maximum absolute atomic E-state index is 13.6. The van der Waals surface area contributed by atoms with Gasteiger partial charge in [0.05, 0.1) is 12.2 Å². The van der Waals surface area contributed by atoms with Crippen molar-refractivity contribution in [3.63, 3.8) is 0 Å². The van der Waals surface area contributed by atoms with Crippen molar-refractivity contribution in [1.29, 1.82) is 0 Å². The molecule has 1 saturated heterocycles. The summed E-state index contributed by atoms with van der Waals surface area (Å²) in [6.07, 6.45) is 12.0. The molecule has 3 heterocycles. The maximum Gasteiger partial charge on any atom is 0.310 e. The summed E-state index contributed by atoms with van der Waals surface area (Å²) in [7, 11) is -3.35. The van der Waals surface area contributed by atoms with Crippen LogP contribution in [0.25, 0.3) is 11.0 Å². The number of ether oxygens (including phenoxy) is 1. The third-order valence-corrected chi connectivity index (χ3v) is 8.85. The molecule has 1 aliphatic heterocycles. The summed E-state index contributed by atoms with van der Waals surface area (Å²) in [4.78, 5) is 35.3. The van der Waals surface area contributed by atoms with E-state index in [1.54, 1.807) is 37.6 Å². The molecule has 1 saturated carbocycles. The molecule has 0 radical (unpaired) electrons. The lowest BCUT2D eigenvalue weighted by Gasteiger charge is -2.31. The average Bonchev–Trinajstić information content (AvgIpc) is 3.37. The van der Waals surface area contributed by atoms with Gasteiger partial charge in [-0.2, -0.15) is 4.98 Å². The van der Waals surface area contributed by atoms with Crippen LogP contribution in [0.15, 0.2) is 17.1 Å². The molecule has 38 heavy (non-hydrogen) atoms. The molecule has 0 aromatic carbocycles. The molecule has 4 rings (SSSR count). The Balaban J connectivity index is 1.56. The number of hydrogen-bond acceptors (Lipinski definition) is 8. The van der Waals surface area contributed by atoms with Crippen LogP contribution in [0, 0.1) is 12.3 Å². The number of terminal acetylenes is 1. The Bertz CT molecular complexity index is 1380. The summed E-state index contributed by atoms with van der Waals surface area (Å²) in [5.74, 6) is 2.30. The smallest absolute Gasteiger partial charge is 0.310 e. The fourth-order valence-corrected chi connectivity index (χ4v) is 6.59. The predicted molar refractivity (Wildman–Crippen MR) is 146 cm³/mol. The van der Waals surface area contributed by atoms with Crippen LogP contribution in [0.1, 0.15) is 77.3 Å². The van der Waals surface area contributed by atoms with E-state index in [-0.39, 0.29) is 36.2 Å². The number of rotatable bonds is 8. The van der Waals surface area contributed by atoms with Crippen molar-refractivity contribution in [2.45, 2.75) is 89.8 Å². The number of nitrogens with zero attached hydrogens (tertiary/aromatic N) is 4. The van der Waals surface area contributed by atoms with Gasteiger partial charge in [0.15, 0.2) is 0 Å². The first kappa shape index (κ1) is 28.0. The molecule has 2 aromatic heterocycles. The minimum absolute atomic E-state index is 0.00428. The lowest BCUT2D eigenvalue weighted by Crippen LogP contribution is -2.43. The molecule has 0 atom stereocenters. The van der Waals surface area contributed by atoms with E-state index >= 15 is 0 Å². The number of pyridine rings is 1. The van der Waals surface area contributed by atoms with Crippen LogP contribution in [0.4, 0.5) is 5.95 Å². The largest absolute Gasteiger partial charge is 0.460 e. The van der Waals surface area contributed by atoms with Crippen molar-refractivity contribution in [2.24, 2.45) is 0 Å². The highest BCUT2D eigenvalue weighted by molar-refractivity contribution is 7.89. The van der Waals surface area contributed by atoms with Crippen LogP contribution >= 0.6 is 0 Å². The van der Waals surface area contributed by atoms with Gasteiger partial charge in [0.1, 0.15) is 11.2 Å². The number of carbonyl (C=O) groups is 1. The normalized spacial score (nSPS) is 17.9. The summed E-state index contributed by atoms with van der Waals surface area (Å²) >= 11 is 0. The molecule has 1 aliphatic carbocycles. The molecule has 2 fully saturated rings. The van der Waals surface area contributed by atoms with Crippen LogP contribution in [0.2, 0.25) is 0 Å². The van der Waals surface area contributed by atoms with E-state index in [4.69, 9.17) is 16.1 Å². The monoisotopic (exact) mass is 543 g/mol. The van der Waals surface area contributed by atoms with Gasteiger partial charge in [0, 0.05) is 48.7 Å². The van der Waals surface area contributed by atoms with E-state index in [0.29, 0.717) is 48.5 Å². The Hall–Kier alpha value is -2.97. The minimum atomic E-state index is -3.35. The molecule has 2 aromatic rings. The number of anilines is 1. The topological polar surface area (TPSA) is 123 Å². The van der Waals surface area contributed by atoms with E-state index in [0.717, 1.165) is 25.7 Å². The number of carbonyl (C=O) groups excluding carboxylic acids is 1. The molecule has 206 valence electrons. The zero-order chi connectivity index (χ0) is 27.5. The number of hydrogen-bond donors (Lipinski definition) is 1. The highest BCUT2D eigenvalue weighted by Crippen LogP contribution is 2.31. The predicted octanol–water partition coefficient (Wildman–Crippen LogP) is 3.02. The average molecular weight is 544 g/mol. The zero-order valence-corrected chi connectivity index (χ0v) is 23.2. The molecule has 0 spiro atoms. The number of esters is 1. The Labute approximate surface area is 224 Å². The van der Waals surface area contributed by atoms with Gasteiger partial charge in [-0.05, 0) is 52.5 Å². The molecular weight excluding hydrogens is 506 g/mol. The van der Waals surface area contributed by atoms with Crippen LogP contribution in [0.5, 0.6) is 0 Å². The Morgan fingerprint density at radius 1 is 1.21 bits per heavy atom. The highest BCUT2D eigenvalue weighted by Gasteiger charge is 2.29. The molecular formula is C27H37N5O5S. The SMILES string of the molecule is C#CCCS(=O)(=O)N1CCC(Nc2ncc3cc(CC(=O)OC(C)(C)C)c(=O)n(C4CCCC4)c3n2)CC1. The summed E-state index contributed by atoms with van der Waals surface area (Å²) in [6.45, 7) is 6.20. The van der Waals surface area contributed by atoms with Gasteiger partial charge in [-0.15, -0.1) is 12.3 Å². The Kier molecular flexibility index (Phi) is 8.43. The number of fused-ring (bicyclic) bond motifs is 1. The third kappa shape index (κ3) is 6.72. The van der Waals surface area contributed by atoms with Crippen molar-refractivity contribution in [3.8, 4) is 12.3 Å². The number of nitrogens with one attached hydrogen (secondary N) is 1. The van der Waals surface area contributed by atoms with Crippen molar-refractivity contribution in [3.05, 3.63) is 28.2 Å². The summed E-state index contributed by atoms with van der Waals surface area (Å²) in [6, 6.07) is 1.71. The first-order chi connectivity index (χ1) is 18.0. The molecule has 0 bridgehead atoms. The lowest BCUT2D eigenvalue weighted by molar-refractivity contribution is -0.153. The first-order valence-corrected chi connectivity index (χ1v) is 14.9.